The zero-order valence-electron chi connectivity index (χ0n) is 38.1. The van der Waals surface area contributed by atoms with Gasteiger partial charge >= 0.3 is 12.2 Å². The molecule has 344 valence electrons. The number of nitrogens with one attached hydrogen (secondary N) is 4. The molecule has 2 aromatic heterocycles. The smallest absolute Gasteiger partial charge is 0.407 e. The summed E-state index contributed by atoms with van der Waals surface area (Å²) in [5.74, 6) is 2.39. The quantitative estimate of drug-likeness (QED) is 0.107. The molecule has 3 aliphatic heterocycles. The Morgan fingerprint density at radius 2 is 1.45 bits per heavy atom. The van der Waals surface area contributed by atoms with Crippen molar-refractivity contribution < 1.29 is 33.4 Å². The molecule has 0 bridgehead atoms. The number of aromatic amines is 2. The SMILES string of the molecule is COC(=O)N[C@H](C(=O)N1CCC[C@H]1c1ncc(-c2ccc3c(c2)COc2cc4c(cc2-3)CCc2nc([C@@H]3CCCN3C(=O)[C@H](NC(=O)OC)c3ccc(C5CCCC5)cc3)[nH]c2-4)[nH]1)C(C)C. The number of aryl methyl sites for hydroxylation is 2. The van der Waals surface area contributed by atoms with E-state index in [2.05, 4.69) is 63.1 Å². The number of hydrogen-bond acceptors (Lipinski definition) is 9. The predicted octanol–water partition coefficient (Wildman–Crippen LogP) is 8.59. The van der Waals surface area contributed by atoms with Crippen LogP contribution in [0.2, 0.25) is 0 Å². The van der Waals surface area contributed by atoms with E-state index in [1.807, 2.05) is 42.0 Å². The van der Waals surface area contributed by atoms with Gasteiger partial charge in [-0.3, -0.25) is 9.59 Å². The van der Waals surface area contributed by atoms with Gasteiger partial charge in [0.1, 0.15) is 36.1 Å². The fourth-order valence-electron chi connectivity index (χ4n) is 10.9. The molecule has 0 unspecified atom stereocenters. The molecule has 4 amide bonds. The van der Waals surface area contributed by atoms with Crippen molar-refractivity contribution >= 4 is 24.0 Å². The number of carbonyl (C=O) groups excluding carboxylic acids is 4. The molecule has 3 fully saturated rings. The lowest BCUT2D eigenvalue weighted by molar-refractivity contribution is -0.135. The molecule has 0 radical (unpaired) electrons. The standard InChI is InChI=1S/C51H58N8O7/c1-28(2)43(56-50(62)64-3)48(60)58-21-7-11-40(58)46-52-26-39(54-46)33-17-19-35-34(23-33)27-66-42-25-36-32(24-37(35)42)18-20-38-45(36)55-47(53-38)41-12-8-22-59(41)49(61)44(57-51(63)65-4)31-15-13-30(14-16-31)29-9-5-6-10-29/h13-17,19,23-26,28-29,40-41,43-44H,5-12,18,20-22,27H2,1-4H3,(H,52,54)(H,53,55)(H,56,62)(H,57,63)/t40-,41-,43-,44+/m0/s1. The van der Waals surface area contributed by atoms with Crippen LogP contribution in [0.4, 0.5) is 9.59 Å². The summed E-state index contributed by atoms with van der Waals surface area (Å²) in [5.41, 5.74) is 11.3. The first-order valence-corrected chi connectivity index (χ1v) is 23.6. The number of imidazole rings is 2. The third kappa shape index (κ3) is 8.06. The van der Waals surface area contributed by atoms with Crippen LogP contribution < -0.4 is 15.4 Å². The van der Waals surface area contributed by atoms with E-state index in [4.69, 9.17) is 24.2 Å². The number of amides is 4. The Kier molecular flexibility index (Phi) is 11.8. The first-order valence-electron chi connectivity index (χ1n) is 23.6. The van der Waals surface area contributed by atoms with Crippen molar-refractivity contribution in [2.75, 3.05) is 27.3 Å². The topological polar surface area (TPSA) is 184 Å². The number of hydrogen-bond donors (Lipinski definition) is 4. The van der Waals surface area contributed by atoms with Gasteiger partial charge < -0.3 is 44.6 Å². The molecule has 5 aromatic rings. The number of rotatable bonds is 10. The van der Waals surface area contributed by atoms with E-state index in [1.165, 1.54) is 51.0 Å². The second kappa shape index (κ2) is 18.0. The molecule has 15 heteroatoms. The molecule has 0 spiro atoms. The van der Waals surface area contributed by atoms with Gasteiger partial charge in [0.15, 0.2) is 0 Å². The maximum absolute atomic E-state index is 14.5. The summed E-state index contributed by atoms with van der Waals surface area (Å²) in [7, 11) is 2.61. The molecule has 5 heterocycles. The predicted molar refractivity (Wildman–Crippen MR) is 246 cm³/mol. The molecule has 2 saturated heterocycles. The summed E-state index contributed by atoms with van der Waals surface area (Å²) in [4.78, 5) is 73.6. The molecule has 10 rings (SSSR count). The van der Waals surface area contributed by atoms with Gasteiger partial charge in [-0.05, 0) is 115 Å². The summed E-state index contributed by atoms with van der Waals surface area (Å²) in [5, 5.41) is 5.55. The zero-order chi connectivity index (χ0) is 45.6. The van der Waals surface area contributed by atoms with Gasteiger partial charge in [0.05, 0.1) is 49.6 Å². The van der Waals surface area contributed by atoms with Crippen LogP contribution in [0.25, 0.3) is 33.6 Å². The lowest BCUT2D eigenvalue weighted by atomic mass is 9.86. The first-order chi connectivity index (χ1) is 32.1. The number of aromatic nitrogens is 4. The average molecular weight is 895 g/mol. The van der Waals surface area contributed by atoms with Crippen LogP contribution in [0.15, 0.2) is 60.8 Å². The maximum atomic E-state index is 14.5. The Labute approximate surface area is 384 Å². The molecular weight excluding hydrogens is 837 g/mol. The number of likely N-dealkylation sites (tertiary alicyclic amines) is 2. The van der Waals surface area contributed by atoms with E-state index in [0.717, 1.165) is 106 Å². The largest absolute Gasteiger partial charge is 0.488 e. The number of methoxy groups -OCH3 is 2. The van der Waals surface area contributed by atoms with Crippen molar-refractivity contribution in [1.82, 2.24) is 40.4 Å². The molecule has 15 nitrogen and oxygen atoms in total. The van der Waals surface area contributed by atoms with Crippen molar-refractivity contribution in [2.24, 2.45) is 5.92 Å². The lowest BCUT2D eigenvalue weighted by Crippen LogP contribution is -2.51. The van der Waals surface area contributed by atoms with Crippen molar-refractivity contribution in [1.29, 1.82) is 0 Å². The highest BCUT2D eigenvalue weighted by Gasteiger charge is 2.40. The van der Waals surface area contributed by atoms with Crippen molar-refractivity contribution in [3.63, 3.8) is 0 Å². The van der Waals surface area contributed by atoms with Crippen LogP contribution in [0, 0.1) is 5.92 Å². The summed E-state index contributed by atoms with van der Waals surface area (Å²) < 4.78 is 16.3. The fraction of sp³-hybridized carbons (Fsp3) is 0.451. The van der Waals surface area contributed by atoms with Gasteiger partial charge in [0, 0.05) is 24.2 Å². The molecule has 1 saturated carbocycles. The van der Waals surface area contributed by atoms with Gasteiger partial charge in [-0.1, -0.05) is 63.1 Å². The maximum Gasteiger partial charge on any atom is 0.407 e. The van der Waals surface area contributed by atoms with E-state index in [-0.39, 0.29) is 29.8 Å². The number of carbonyl (C=O) groups is 4. The molecule has 5 aliphatic rings. The minimum atomic E-state index is -0.886. The van der Waals surface area contributed by atoms with Gasteiger partial charge in [0.2, 0.25) is 5.91 Å². The second-order valence-corrected chi connectivity index (χ2v) is 18.7. The Hall–Kier alpha value is -6.64. The third-order valence-electron chi connectivity index (χ3n) is 14.5. The van der Waals surface area contributed by atoms with Crippen LogP contribution in [0.3, 0.4) is 0 Å². The number of benzene rings is 3. The molecule has 2 aliphatic carbocycles. The lowest BCUT2D eigenvalue weighted by Gasteiger charge is -2.30. The highest BCUT2D eigenvalue weighted by atomic mass is 16.5. The Bertz CT molecular complexity index is 2670. The van der Waals surface area contributed by atoms with E-state index < -0.39 is 24.3 Å². The number of fused-ring (bicyclic) bond motifs is 6. The van der Waals surface area contributed by atoms with Gasteiger partial charge in [0.25, 0.3) is 5.91 Å². The van der Waals surface area contributed by atoms with Crippen molar-refractivity contribution in [3.05, 3.63) is 100 Å². The highest BCUT2D eigenvalue weighted by molar-refractivity contribution is 5.88. The summed E-state index contributed by atoms with van der Waals surface area (Å²) in [6.45, 7) is 5.36. The van der Waals surface area contributed by atoms with Crippen LogP contribution >= 0.6 is 0 Å². The monoisotopic (exact) mass is 894 g/mol. The van der Waals surface area contributed by atoms with Gasteiger partial charge in [-0.25, -0.2) is 19.6 Å². The minimum absolute atomic E-state index is 0.116. The van der Waals surface area contributed by atoms with E-state index >= 15 is 0 Å². The van der Waals surface area contributed by atoms with E-state index in [9.17, 15) is 19.2 Å². The summed E-state index contributed by atoms with van der Waals surface area (Å²) >= 11 is 0. The van der Waals surface area contributed by atoms with Crippen LogP contribution in [0.5, 0.6) is 5.75 Å². The zero-order valence-corrected chi connectivity index (χ0v) is 38.1. The number of alkyl carbamates (subject to hydrolysis) is 2. The van der Waals surface area contributed by atoms with E-state index in [1.54, 1.807) is 0 Å². The van der Waals surface area contributed by atoms with Crippen LogP contribution in [-0.2, 0) is 38.5 Å². The van der Waals surface area contributed by atoms with Crippen molar-refractivity contribution in [2.45, 2.75) is 115 Å². The third-order valence-corrected chi connectivity index (χ3v) is 14.5. The Balaban J connectivity index is 0.864. The first kappa shape index (κ1) is 43.3. The normalized spacial score (nSPS) is 19.6. The molecule has 4 N–H and O–H groups in total. The summed E-state index contributed by atoms with van der Waals surface area (Å²) in [6.07, 6.45) is 10.2. The second-order valence-electron chi connectivity index (χ2n) is 18.7. The minimum Gasteiger partial charge on any atom is -0.488 e. The molecule has 3 aromatic carbocycles. The number of nitrogens with zero attached hydrogens (tertiary/aromatic N) is 4. The highest BCUT2D eigenvalue weighted by Crippen LogP contribution is 2.46. The summed E-state index contributed by atoms with van der Waals surface area (Å²) in [6, 6.07) is 16.9. The fourth-order valence-corrected chi connectivity index (χ4v) is 10.9. The molecular formula is C51H58N8O7. The number of ether oxygens (including phenoxy) is 3. The number of H-pyrrole nitrogens is 2. The van der Waals surface area contributed by atoms with Crippen LogP contribution in [0.1, 0.15) is 129 Å². The average Bonchev–Trinajstić information content (AvgIpc) is 4.20. The van der Waals surface area contributed by atoms with E-state index in [0.29, 0.717) is 25.6 Å². The van der Waals surface area contributed by atoms with Crippen molar-refractivity contribution in [3.8, 4) is 39.4 Å². The van der Waals surface area contributed by atoms with Crippen LogP contribution in [-0.4, -0.2) is 87.1 Å². The molecule has 4 atom stereocenters. The van der Waals surface area contributed by atoms with Gasteiger partial charge in [-0.2, -0.15) is 0 Å². The molecule has 66 heavy (non-hydrogen) atoms. The van der Waals surface area contributed by atoms with Gasteiger partial charge in [-0.15, -0.1) is 0 Å². The Morgan fingerprint density at radius 3 is 2.18 bits per heavy atom. The Morgan fingerprint density at radius 1 is 0.742 bits per heavy atom.